The number of para-hydroxylation sites is 1. The Kier molecular flexibility index (Phi) is 9.91. The van der Waals surface area contributed by atoms with Gasteiger partial charge in [0.2, 0.25) is 11.8 Å². The second kappa shape index (κ2) is 13.8. The van der Waals surface area contributed by atoms with Crippen LogP contribution in [0, 0.1) is 5.92 Å². The number of pyridine rings is 1. The highest BCUT2D eigenvalue weighted by Crippen LogP contribution is 2.32. The molecular formula is C31H37N5O5. The standard InChI is InChI=1S/C31H37N5O5/c1-21(2)26(14-15-29(37)35(3)27(30(38)39)20-40-19-22-10-6-4-7-11-22)36-18-23-16-28(33-17-25(23)34-31(36)32)41-24-12-8-5-9-13-24/h4-13,16-17,21,26-27H,14-15,18-20H2,1-3H3,(H2,32,34)(H,38,39)/t26-,27?/m0/s1. The van der Waals surface area contributed by atoms with Crippen molar-refractivity contribution in [1.82, 2.24) is 14.8 Å². The van der Waals surface area contributed by atoms with E-state index in [2.05, 4.69) is 23.8 Å². The summed E-state index contributed by atoms with van der Waals surface area (Å²) in [6.45, 7) is 4.77. The number of aliphatic imine (C=N–C) groups is 1. The Morgan fingerprint density at radius 1 is 1.10 bits per heavy atom. The molecule has 3 aromatic rings. The first kappa shape index (κ1) is 29.5. The van der Waals surface area contributed by atoms with Gasteiger partial charge in [-0.05, 0) is 30.0 Å². The summed E-state index contributed by atoms with van der Waals surface area (Å²) < 4.78 is 11.5. The largest absolute Gasteiger partial charge is 0.480 e. The van der Waals surface area contributed by atoms with Gasteiger partial charge in [-0.1, -0.05) is 62.4 Å². The molecule has 2 atom stereocenters. The van der Waals surface area contributed by atoms with E-state index in [-0.39, 0.29) is 37.5 Å². The minimum atomic E-state index is -1.11. The Balaban J connectivity index is 1.38. The van der Waals surface area contributed by atoms with E-state index >= 15 is 0 Å². The summed E-state index contributed by atoms with van der Waals surface area (Å²) in [6.07, 6.45) is 2.27. The van der Waals surface area contributed by atoms with Crippen LogP contribution in [0.3, 0.4) is 0 Å². The van der Waals surface area contributed by atoms with Gasteiger partial charge >= 0.3 is 5.97 Å². The topological polar surface area (TPSA) is 131 Å². The summed E-state index contributed by atoms with van der Waals surface area (Å²) in [5, 5.41) is 9.77. The number of hydrogen-bond acceptors (Lipinski definition) is 8. The predicted molar refractivity (Wildman–Crippen MR) is 156 cm³/mol. The van der Waals surface area contributed by atoms with Crippen LogP contribution in [-0.4, -0.2) is 63.5 Å². The highest BCUT2D eigenvalue weighted by molar-refractivity contribution is 5.85. The molecule has 1 unspecified atom stereocenters. The number of carbonyl (C=O) groups is 2. The maximum atomic E-state index is 13.1. The molecule has 0 fully saturated rings. The Bertz CT molecular complexity index is 1350. The number of likely N-dealkylation sites (N-methyl/N-ethyl adjacent to an activating group) is 1. The Morgan fingerprint density at radius 3 is 2.44 bits per heavy atom. The molecule has 1 aliphatic heterocycles. The Labute approximate surface area is 240 Å². The average Bonchev–Trinajstić information content (AvgIpc) is 2.96. The summed E-state index contributed by atoms with van der Waals surface area (Å²) >= 11 is 0. The highest BCUT2D eigenvalue weighted by Gasteiger charge is 2.31. The van der Waals surface area contributed by atoms with Gasteiger partial charge in [-0.3, -0.25) is 4.79 Å². The zero-order valence-electron chi connectivity index (χ0n) is 23.6. The van der Waals surface area contributed by atoms with Crippen LogP contribution >= 0.6 is 0 Å². The van der Waals surface area contributed by atoms with E-state index in [1.54, 1.807) is 6.20 Å². The van der Waals surface area contributed by atoms with Gasteiger partial charge in [-0.2, -0.15) is 0 Å². The number of carboxylic acids is 1. The number of carboxylic acid groups (broad SMARTS) is 1. The fourth-order valence-electron chi connectivity index (χ4n) is 4.78. The maximum Gasteiger partial charge on any atom is 0.328 e. The van der Waals surface area contributed by atoms with E-state index in [4.69, 9.17) is 15.2 Å². The number of aliphatic carboxylic acids is 1. The monoisotopic (exact) mass is 559 g/mol. The van der Waals surface area contributed by atoms with Crippen molar-refractivity contribution < 1.29 is 24.2 Å². The molecule has 0 radical (unpaired) electrons. The molecule has 0 saturated heterocycles. The molecular weight excluding hydrogens is 522 g/mol. The van der Waals surface area contributed by atoms with E-state index in [0.717, 1.165) is 11.1 Å². The first-order valence-corrected chi connectivity index (χ1v) is 13.7. The Morgan fingerprint density at radius 2 is 1.78 bits per heavy atom. The number of carbonyl (C=O) groups excluding carboxylic acids is 1. The van der Waals surface area contributed by atoms with Crippen molar-refractivity contribution in [2.75, 3.05) is 13.7 Å². The number of guanidine groups is 1. The second-order valence-corrected chi connectivity index (χ2v) is 10.4. The quantitative estimate of drug-likeness (QED) is 0.311. The van der Waals surface area contributed by atoms with Gasteiger partial charge < -0.3 is 30.1 Å². The molecule has 1 amide bonds. The molecule has 1 aliphatic rings. The molecule has 0 aliphatic carbocycles. The number of fused-ring (bicyclic) bond motifs is 1. The van der Waals surface area contributed by atoms with Crippen molar-refractivity contribution in [3.8, 4) is 11.6 Å². The van der Waals surface area contributed by atoms with Crippen LogP contribution in [0.5, 0.6) is 11.6 Å². The molecule has 3 N–H and O–H groups in total. The second-order valence-electron chi connectivity index (χ2n) is 10.4. The van der Waals surface area contributed by atoms with Crippen molar-refractivity contribution in [2.24, 2.45) is 16.6 Å². The normalized spacial score (nSPS) is 14.1. The third-order valence-corrected chi connectivity index (χ3v) is 7.13. The third kappa shape index (κ3) is 7.82. The molecule has 216 valence electrons. The number of nitrogens with two attached hydrogens (primary N) is 1. The molecule has 2 aromatic carbocycles. The summed E-state index contributed by atoms with van der Waals surface area (Å²) in [6, 6.07) is 19.6. The number of ether oxygens (including phenoxy) is 2. The van der Waals surface area contributed by atoms with Gasteiger partial charge in [0.25, 0.3) is 0 Å². The van der Waals surface area contributed by atoms with Crippen LogP contribution in [-0.2, 0) is 27.5 Å². The number of nitrogens with zero attached hydrogens (tertiary/aromatic N) is 4. The molecule has 10 nitrogen and oxygen atoms in total. The minimum Gasteiger partial charge on any atom is -0.480 e. The first-order valence-electron chi connectivity index (χ1n) is 13.7. The molecule has 2 heterocycles. The molecule has 0 saturated carbocycles. The lowest BCUT2D eigenvalue weighted by molar-refractivity contribution is -0.152. The summed E-state index contributed by atoms with van der Waals surface area (Å²) in [5.74, 6) is 0.256. The number of rotatable bonds is 13. The maximum absolute atomic E-state index is 13.1. The van der Waals surface area contributed by atoms with Gasteiger partial charge in [0.15, 0.2) is 12.0 Å². The van der Waals surface area contributed by atoms with Gasteiger partial charge in [0.05, 0.1) is 25.1 Å². The van der Waals surface area contributed by atoms with Crippen molar-refractivity contribution >= 4 is 23.5 Å². The van der Waals surface area contributed by atoms with Crippen LogP contribution < -0.4 is 10.5 Å². The SMILES string of the molecule is CC(C)[C@H](CCC(=O)N(C)C(COCc1ccccc1)C(=O)O)N1Cc2cc(Oc3ccccc3)ncc2N=C1N. The van der Waals surface area contributed by atoms with E-state index in [9.17, 15) is 14.7 Å². The van der Waals surface area contributed by atoms with E-state index < -0.39 is 12.0 Å². The van der Waals surface area contributed by atoms with Crippen molar-refractivity contribution in [3.63, 3.8) is 0 Å². The lowest BCUT2D eigenvalue weighted by Gasteiger charge is -2.38. The molecule has 41 heavy (non-hydrogen) atoms. The number of benzene rings is 2. The van der Waals surface area contributed by atoms with E-state index in [1.165, 1.54) is 11.9 Å². The van der Waals surface area contributed by atoms with Crippen molar-refractivity contribution in [2.45, 2.75) is 51.9 Å². The third-order valence-electron chi connectivity index (χ3n) is 7.13. The van der Waals surface area contributed by atoms with Crippen LogP contribution in [0.2, 0.25) is 0 Å². The van der Waals surface area contributed by atoms with Gasteiger partial charge in [0.1, 0.15) is 5.75 Å². The summed E-state index contributed by atoms with van der Waals surface area (Å²) in [4.78, 5) is 37.3. The summed E-state index contributed by atoms with van der Waals surface area (Å²) in [5.41, 5.74) is 8.90. The van der Waals surface area contributed by atoms with Crippen LogP contribution in [0.4, 0.5) is 5.69 Å². The van der Waals surface area contributed by atoms with Gasteiger partial charge in [-0.15, -0.1) is 0 Å². The number of hydrogen-bond donors (Lipinski definition) is 2. The fraction of sp³-hybridized carbons (Fsp3) is 0.355. The van der Waals surface area contributed by atoms with E-state index in [0.29, 0.717) is 36.2 Å². The van der Waals surface area contributed by atoms with Crippen LogP contribution in [0.25, 0.3) is 0 Å². The van der Waals surface area contributed by atoms with Gasteiger partial charge in [0, 0.05) is 37.7 Å². The number of aromatic nitrogens is 1. The van der Waals surface area contributed by atoms with Gasteiger partial charge in [-0.25, -0.2) is 14.8 Å². The highest BCUT2D eigenvalue weighted by atomic mass is 16.5. The minimum absolute atomic E-state index is 0.103. The predicted octanol–water partition coefficient (Wildman–Crippen LogP) is 4.57. The zero-order valence-corrected chi connectivity index (χ0v) is 23.6. The number of amides is 1. The molecule has 0 bridgehead atoms. The van der Waals surface area contributed by atoms with Crippen LogP contribution in [0.15, 0.2) is 77.9 Å². The van der Waals surface area contributed by atoms with Crippen molar-refractivity contribution in [3.05, 3.63) is 84.1 Å². The zero-order chi connectivity index (χ0) is 29.4. The lowest BCUT2D eigenvalue weighted by atomic mass is 9.96. The van der Waals surface area contributed by atoms with E-state index in [1.807, 2.05) is 71.6 Å². The fourth-order valence-corrected chi connectivity index (χ4v) is 4.78. The Hall–Kier alpha value is -4.44. The summed E-state index contributed by atoms with van der Waals surface area (Å²) in [7, 11) is 1.51. The molecule has 4 rings (SSSR count). The van der Waals surface area contributed by atoms with Crippen molar-refractivity contribution in [1.29, 1.82) is 0 Å². The average molecular weight is 560 g/mol. The molecule has 1 aromatic heterocycles. The first-order chi connectivity index (χ1) is 19.7. The molecule has 0 spiro atoms. The molecule has 10 heteroatoms. The van der Waals surface area contributed by atoms with Crippen LogP contribution in [0.1, 0.15) is 37.8 Å². The lowest BCUT2D eigenvalue weighted by Crippen LogP contribution is -2.49. The smallest absolute Gasteiger partial charge is 0.328 e.